The van der Waals surface area contributed by atoms with E-state index in [2.05, 4.69) is 75.5 Å². The number of aryl methyl sites for hydroxylation is 2. The Bertz CT molecular complexity index is 643. The van der Waals surface area contributed by atoms with E-state index in [-0.39, 0.29) is 30.2 Å². The van der Waals surface area contributed by atoms with Gasteiger partial charge in [0.25, 0.3) is 0 Å². The Balaban J connectivity index is 0.000000665. The number of halogens is 2. The number of benzene rings is 1. The van der Waals surface area contributed by atoms with Gasteiger partial charge in [0.05, 0.1) is 0 Å². The Labute approximate surface area is 161 Å². The van der Waals surface area contributed by atoms with E-state index in [9.17, 15) is 0 Å². The molecule has 0 radical (unpaired) electrons. The minimum absolute atomic E-state index is 0. The van der Waals surface area contributed by atoms with E-state index in [0.717, 1.165) is 0 Å². The molecule has 1 aliphatic carbocycles. The summed E-state index contributed by atoms with van der Waals surface area (Å²) in [4.78, 5) is 0. The molecule has 0 unspecified atom stereocenters. The van der Waals surface area contributed by atoms with Crippen LogP contribution in [0.4, 0.5) is 0 Å². The molecular formula is C18H21Cl2SiZr-. The van der Waals surface area contributed by atoms with Gasteiger partial charge in [-0.2, -0.15) is 6.07 Å². The monoisotopic (exact) mass is 425 g/mol. The van der Waals surface area contributed by atoms with Gasteiger partial charge in [0.2, 0.25) is 0 Å². The average molecular weight is 428 g/mol. The molecule has 0 aromatic heterocycles. The molecule has 0 heterocycles. The fourth-order valence-corrected chi connectivity index (χ4v) is 2.46. The van der Waals surface area contributed by atoms with Crippen LogP contribution in [0, 0.1) is 13.8 Å². The van der Waals surface area contributed by atoms with Gasteiger partial charge in [-0.25, -0.2) is 0 Å². The molecule has 0 fully saturated rings. The normalized spacial score (nSPS) is 12.5. The molecule has 0 bridgehead atoms. The second-order valence-electron chi connectivity index (χ2n) is 5.61. The summed E-state index contributed by atoms with van der Waals surface area (Å²) in [6.45, 7) is 8.99. The van der Waals surface area contributed by atoms with Gasteiger partial charge in [0.15, 0.2) is 0 Å². The first-order valence-electron chi connectivity index (χ1n) is 7.02. The molecule has 116 valence electrons. The third-order valence-corrected chi connectivity index (χ3v) is 3.48. The molecule has 4 heteroatoms. The van der Waals surface area contributed by atoms with E-state index in [1.165, 1.54) is 27.5 Å². The van der Waals surface area contributed by atoms with Crippen LogP contribution in [0.15, 0.2) is 48.6 Å². The summed E-state index contributed by atoms with van der Waals surface area (Å²) in [5.74, 6) is 0.478. The van der Waals surface area contributed by atoms with Crippen LogP contribution in [0.1, 0.15) is 22.6 Å². The summed E-state index contributed by atoms with van der Waals surface area (Å²) in [5, 5.41) is 2.81. The Morgan fingerprint density at radius 1 is 1.00 bits per heavy atom. The van der Waals surface area contributed by atoms with Gasteiger partial charge in [-0.05, 0) is 6.92 Å². The number of allylic oxidation sites excluding steroid dienone is 4. The van der Waals surface area contributed by atoms with Crippen LogP contribution >= 0.6 is 0 Å². The van der Waals surface area contributed by atoms with Crippen LogP contribution in [0.3, 0.4) is 0 Å². The molecule has 0 N–H and O–H groups in total. The number of hydrogen-bond donors (Lipinski definition) is 0. The SMILES string of the molecule is C[Si](C)=[Zr+2].Cc1ccc(C)c2[cH-]c(C3C=CC=C3)cc12.[Cl-].[Cl-]. The fraction of sp³-hybridized carbons (Fsp3) is 0.278. The molecule has 1 aliphatic rings. The topological polar surface area (TPSA) is 0 Å². The predicted octanol–water partition coefficient (Wildman–Crippen LogP) is -0.823. The van der Waals surface area contributed by atoms with E-state index in [1.54, 1.807) is 23.3 Å². The molecular weight excluding hydrogens is 406 g/mol. The molecule has 2 aromatic carbocycles. The summed E-state index contributed by atoms with van der Waals surface area (Å²) < 4.78 is 0. The predicted molar refractivity (Wildman–Crippen MR) is 87.5 cm³/mol. The summed E-state index contributed by atoms with van der Waals surface area (Å²) in [6.07, 6.45) is 8.75. The van der Waals surface area contributed by atoms with E-state index in [4.69, 9.17) is 0 Å². The third-order valence-electron chi connectivity index (χ3n) is 3.48. The van der Waals surface area contributed by atoms with Crippen molar-refractivity contribution in [2.24, 2.45) is 0 Å². The van der Waals surface area contributed by atoms with Crippen LogP contribution < -0.4 is 24.8 Å². The molecule has 0 nitrogen and oxygen atoms in total. The first kappa shape index (κ1) is 22.0. The van der Waals surface area contributed by atoms with Crippen molar-refractivity contribution in [2.45, 2.75) is 32.9 Å². The largest absolute Gasteiger partial charge is 1.00 e. The minimum atomic E-state index is 0. The third kappa shape index (κ3) is 5.57. The van der Waals surface area contributed by atoms with E-state index in [0.29, 0.717) is 5.92 Å². The molecule has 2 aromatic rings. The summed E-state index contributed by atoms with van der Waals surface area (Å²) in [6, 6.07) is 9.09. The van der Waals surface area contributed by atoms with E-state index in [1.807, 2.05) is 0 Å². The second kappa shape index (κ2) is 9.98. The Hall–Kier alpha value is -0.0100. The van der Waals surface area contributed by atoms with Crippen molar-refractivity contribution in [2.75, 3.05) is 0 Å². The van der Waals surface area contributed by atoms with Crippen LogP contribution in [0.5, 0.6) is 0 Å². The Morgan fingerprint density at radius 3 is 2.00 bits per heavy atom. The average Bonchev–Trinajstić information content (AvgIpc) is 3.01. The van der Waals surface area contributed by atoms with Gasteiger partial charge in [-0.1, -0.05) is 42.9 Å². The fourth-order valence-electron chi connectivity index (χ4n) is 2.46. The maximum atomic E-state index is 2.34. The van der Waals surface area contributed by atoms with Gasteiger partial charge in [-0.15, -0.1) is 34.0 Å². The van der Waals surface area contributed by atoms with Crippen molar-refractivity contribution in [1.82, 2.24) is 0 Å². The molecule has 3 rings (SSSR count). The van der Waals surface area contributed by atoms with E-state index >= 15 is 0 Å². The van der Waals surface area contributed by atoms with Gasteiger partial charge in [0.1, 0.15) is 0 Å². The molecule has 0 saturated heterocycles. The molecule has 0 amide bonds. The zero-order valence-electron chi connectivity index (χ0n) is 13.5. The maximum Gasteiger partial charge on any atom is 0.00281 e. The van der Waals surface area contributed by atoms with Gasteiger partial charge >= 0.3 is 41.9 Å². The summed E-state index contributed by atoms with van der Waals surface area (Å²) in [5.41, 5.74) is 4.37. The molecule has 0 saturated carbocycles. The zero-order chi connectivity index (χ0) is 14.7. The van der Waals surface area contributed by atoms with Crippen LogP contribution in [-0.2, 0) is 23.3 Å². The zero-order valence-corrected chi connectivity index (χ0v) is 18.4. The van der Waals surface area contributed by atoms with Gasteiger partial charge in [0, 0.05) is 5.92 Å². The first-order valence-corrected chi connectivity index (χ1v) is 13.2. The van der Waals surface area contributed by atoms with Crippen LogP contribution in [0.25, 0.3) is 10.8 Å². The number of fused-ring (bicyclic) bond motifs is 1. The number of hydrogen-bond acceptors (Lipinski definition) is 0. The van der Waals surface area contributed by atoms with Crippen molar-refractivity contribution in [3.05, 3.63) is 65.3 Å². The summed E-state index contributed by atoms with van der Waals surface area (Å²) >= 11 is 1.74. The van der Waals surface area contributed by atoms with Gasteiger partial charge < -0.3 is 24.8 Å². The molecule has 0 atom stereocenters. The molecule has 0 spiro atoms. The van der Waals surface area contributed by atoms with Gasteiger partial charge in [-0.3, -0.25) is 0 Å². The first-order chi connectivity index (χ1) is 9.49. The minimum Gasteiger partial charge on any atom is -1.00 e. The summed E-state index contributed by atoms with van der Waals surface area (Å²) in [7, 11) is 0. The van der Waals surface area contributed by atoms with Crippen molar-refractivity contribution in [3.63, 3.8) is 0 Å². The van der Waals surface area contributed by atoms with Crippen molar-refractivity contribution in [1.29, 1.82) is 0 Å². The molecule has 22 heavy (non-hydrogen) atoms. The van der Waals surface area contributed by atoms with Crippen molar-refractivity contribution in [3.8, 4) is 0 Å². The van der Waals surface area contributed by atoms with Crippen molar-refractivity contribution < 1.29 is 48.1 Å². The van der Waals surface area contributed by atoms with Crippen LogP contribution in [-0.4, -0.2) is 5.43 Å². The maximum absolute atomic E-state index is 2.34. The quantitative estimate of drug-likeness (QED) is 0.412. The van der Waals surface area contributed by atoms with Crippen molar-refractivity contribution >= 4 is 16.2 Å². The standard InChI is InChI=1S/C16H15.C2H6Si.2ClH.Zr/c1-11-7-8-12(2)16-10-14(9-15(11)16)13-5-3-4-6-13;1-3-2;;;/h3-10,13H,1-2H3;1-2H3;2*1H;/q-1;;;;+2/p-2. The molecule has 0 aliphatic heterocycles. The second-order valence-corrected chi connectivity index (χ2v) is 15.0. The smallest absolute Gasteiger partial charge is 0.00281 e. The van der Waals surface area contributed by atoms with E-state index < -0.39 is 0 Å². The van der Waals surface area contributed by atoms with Crippen LogP contribution in [0.2, 0.25) is 13.1 Å². The Morgan fingerprint density at radius 2 is 1.50 bits per heavy atom. The number of rotatable bonds is 1. The Kier molecular flexibility index (Phi) is 9.98.